The number of ether oxygens (including phenoxy) is 1. The van der Waals surface area contributed by atoms with Gasteiger partial charge in [-0.05, 0) is 138 Å². The number of halogens is 12. The molecular formula is C52H84F12N6O11. The van der Waals surface area contributed by atoms with Crippen LogP contribution in [0.2, 0.25) is 0 Å². The summed E-state index contributed by atoms with van der Waals surface area (Å²) in [5.41, 5.74) is 13.2. The monoisotopic (exact) mass is 1200 g/mol. The molecular weight excluding hydrogens is 1110 g/mol. The van der Waals surface area contributed by atoms with Gasteiger partial charge < -0.3 is 57.9 Å². The number of hydrogen-bond acceptors (Lipinski definition) is 11. The first kappa shape index (κ1) is 77.9. The van der Waals surface area contributed by atoms with Gasteiger partial charge in [-0.1, -0.05) is 103 Å². The molecule has 81 heavy (non-hydrogen) atoms. The Bertz CT molecular complexity index is 1870. The van der Waals surface area contributed by atoms with Crippen LogP contribution in [-0.4, -0.2) is 133 Å². The highest BCUT2D eigenvalue weighted by Crippen LogP contribution is 2.57. The third-order valence-electron chi connectivity index (χ3n) is 13.3. The van der Waals surface area contributed by atoms with Gasteiger partial charge in [0.15, 0.2) is 0 Å². The molecule has 0 radical (unpaired) electrons. The van der Waals surface area contributed by atoms with E-state index >= 15 is 0 Å². The van der Waals surface area contributed by atoms with E-state index in [4.69, 9.17) is 55.8 Å². The normalized spacial score (nSPS) is 17.5. The lowest BCUT2D eigenvalue weighted by atomic mass is 9.49. The first-order valence-electron chi connectivity index (χ1n) is 27.0. The Balaban J connectivity index is 0. The number of amides is 2. The molecule has 1 aromatic carbocycles. The summed E-state index contributed by atoms with van der Waals surface area (Å²) in [7, 11) is 0. The molecule has 2 aliphatic rings. The minimum atomic E-state index is -5.08. The number of carbonyl (C=O) groups is 6. The fourth-order valence-corrected chi connectivity index (χ4v) is 9.10. The van der Waals surface area contributed by atoms with Crippen molar-refractivity contribution in [2.45, 2.75) is 192 Å². The Kier molecular flexibility index (Phi) is 39.4. The molecule has 3 atom stereocenters. The third-order valence-corrected chi connectivity index (χ3v) is 13.3. The number of nitrogens with two attached hydrogens (primary N) is 2. The number of aliphatic carboxylic acids is 4. The second kappa shape index (κ2) is 40.9. The van der Waals surface area contributed by atoms with Gasteiger partial charge in [0.1, 0.15) is 5.75 Å². The Morgan fingerprint density at radius 2 is 0.864 bits per heavy atom. The van der Waals surface area contributed by atoms with E-state index in [0.717, 1.165) is 97.1 Å². The number of carboxylic acid groups (broad SMARTS) is 4. The van der Waals surface area contributed by atoms with E-state index in [1.54, 1.807) is 0 Å². The predicted molar refractivity (Wildman–Crippen MR) is 276 cm³/mol. The lowest BCUT2D eigenvalue weighted by Gasteiger charge is -2.54. The smallest absolute Gasteiger partial charge is 0.475 e. The van der Waals surface area contributed by atoms with Crippen LogP contribution < -0.4 is 37.5 Å². The molecule has 2 amide bonds. The van der Waals surface area contributed by atoms with Crippen molar-refractivity contribution in [2.75, 3.05) is 52.4 Å². The number of benzene rings is 1. The minimum absolute atomic E-state index is 0.129. The molecule has 0 unspecified atom stereocenters. The fourth-order valence-electron chi connectivity index (χ4n) is 9.10. The van der Waals surface area contributed by atoms with Gasteiger partial charge in [-0.15, -0.1) is 0 Å². The first-order valence-corrected chi connectivity index (χ1v) is 27.0. The molecule has 0 aliphatic heterocycles. The molecule has 12 N–H and O–H groups in total. The summed E-state index contributed by atoms with van der Waals surface area (Å²) in [4.78, 5) is 62.1. The largest absolute Gasteiger partial charge is 0.490 e. The Morgan fingerprint density at radius 1 is 0.519 bits per heavy atom. The lowest BCUT2D eigenvalue weighted by molar-refractivity contribution is -0.193. The number of carbonyl (C=O) groups excluding carboxylic acids is 2. The highest BCUT2D eigenvalue weighted by molar-refractivity contribution is 5.83. The first-order chi connectivity index (χ1) is 37.6. The molecule has 2 aliphatic carbocycles. The standard InChI is InChI=1S/C44H80N6O3.4C2HF3O2/c1-43-26-19-27-44(2,41(51)49-34-20-32-47-30-17-13-9-5-3-7-11-15-28-45)40(43)25-23-37-22-24-38(36-39(37)43)53-42(52)50-35-21-33-48-31-18-14-10-6-4-8-12-16-29-46;4*3-2(4,5)1(6)7/h22,24,36,40,47-48H,3-21,23,25-35,45-46H2,1-2H3,(H,49,51)(H,50,52);4*(H,6,7)/t40-,43-,44+;;;;/m1..../s1. The fraction of sp³-hybridized carbons (Fsp3) is 0.769. The van der Waals surface area contributed by atoms with Gasteiger partial charge in [0.05, 0.1) is 5.41 Å². The van der Waals surface area contributed by atoms with Gasteiger partial charge in [0.2, 0.25) is 5.91 Å². The zero-order valence-corrected chi connectivity index (χ0v) is 46.1. The van der Waals surface area contributed by atoms with Crippen molar-refractivity contribution in [3.8, 4) is 5.75 Å². The van der Waals surface area contributed by atoms with Gasteiger partial charge in [-0.25, -0.2) is 24.0 Å². The molecule has 3 rings (SSSR count). The minimum Gasteiger partial charge on any atom is -0.475 e. The van der Waals surface area contributed by atoms with Gasteiger partial charge >= 0.3 is 54.7 Å². The average molecular weight is 1200 g/mol. The average Bonchev–Trinajstić information content (AvgIpc) is 3.36. The number of rotatable bonds is 30. The van der Waals surface area contributed by atoms with Crippen LogP contribution in [0, 0.1) is 11.3 Å². The van der Waals surface area contributed by atoms with Crippen molar-refractivity contribution in [1.82, 2.24) is 21.3 Å². The topological polar surface area (TPSA) is 293 Å². The maximum atomic E-state index is 13.8. The summed E-state index contributed by atoms with van der Waals surface area (Å²) >= 11 is 0. The van der Waals surface area contributed by atoms with Gasteiger partial charge in [0.25, 0.3) is 0 Å². The number of hydrogen-bond donors (Lipinski definition) is 10. The molecule has 472 valence electrons. The SMILES string of the molecule is C[C@]1(C(=O)NCCCNCCCCCCCCCCN)CCC[C@]2(C)c3cc(OC(=O)NCCCNCCCCCCCCCCN)ccc3CC[C@@H]12.O=C(O)C(F)(F)F.O=C(O)C(F)(F)F.O=C(O)C(F)(F)F.O=C(O)C(F)(F)F. The van der Waals surface area contributed by atoms with Gasteiger partial charge in [-0.2, -0.15) is 52.7 Å². The van der Waals surface area contributed by atoms with Gasteiger partial charge in [-0.3, -0.25) is 4.79 Å². The number of nitrogens with one attached hydrogen (secondary N) is 4. The summed E-state index contributed by atoms with van der Waals surface area (Å²) in [6, 6.07) is 6.15. The van der Waals surface area contributed by atoms with Crippen molar-refractivity contribution >= 4 is 35.9 Å². The number of aryl methyl sites for hydroxylation is 1. The van der Waals surface area contributed by atoms with E-state index < -0.39 is 60.1 Å². The van der Waals surface area contributed by atoms with E-state index in [0.29, 0.717) is 18.8 Å². The van der Waals surface area contributed by atoms with Crippen LogP contribution in [0.5, 0.6) is 5.75 Å². The van der Waals surface area contributed by atoms with E-state index in [2.05, 4.69) is 47.2 Å². The number of unbranched alkanes of at least 4 members (excludes halogenated alkanes) is 14. The summed E-state index contributed by atoms with van der Waals surface area (Å²) in [6.07, 6.45) is 6.46. The van der Waals surface area contributed by atoms with Crippen LogP contribution >= 0.6 is 0 Å². The van der Waals surface area contributed by atoms with Crippen molar-refractivity contribution < 1.29 is 107 Å². The number of carboxylic acids is 4. The highest BCUT2D eigenvalue weighted by atomic mass is 19.4. The summed E-state index contributed by atoms with van der Waals surface area (Å²) < 4.78 is 133. The van der Waals surface area contributed by atoms with E-state index in [1.165, 1.54) is 101 Å². The second-order valence-corrected chi connectivity index (χ2v) is 19.8. The van der Waals surface area contributed by atoms with E-state index in [9.17, 15) is 62.3 Å². The Labute approximate surface area is 464 Å². The molecule has 0 heterocycles. The summed E-state index contributed by atoms with van der Waals surface area (Å²) in [6.45, 7) is 11.4. The Hall–Kier alpha value is -5.16. The van der Waals surface area contributed by atoms with Crippen LogP contribution in [0.4, 0.5) is 57.5 Å². The zero-order chi connectivity index (χ0) is 62.4. The zero-order valence-electron chi connectivity index (χ0n) is 46.1. The number of alkyl halides is 12. The molecule has 29 heteroatoms. The van der Waals surface area contributed by atoms with Crippen LogP contribution in [0.1, 0.15) is 166 Å². The highest BCUT2D eigenvalue weighted by Gasteiger charge is 2.55. The van der Waals surface area contributed by atoms with Crippen molar-refractivity contribution in [2.24, 2.45) is 22.8 Å². The van der Waals surface area contributed by atoms with Crippen molar-refractivity contribution in [3.05, 3.63) is 29.3 Å². The molecule has 0 saturated heterocycles. The van der Waals surface area contributed by atoms with Crippen LogP contribution in [-0.2, 0) is 35.8 Å². The molecule has 0 bridgehead atoms. The van der Waals surface area contributed by atoms with Crippen LogP contribution in [0.15, 0.2) is 18.2 Å². The van der Waals surface area contributed by atoms with E-state index in [1.807, 2.05) is 6.07 Å². The molecule has 1 saturated carbocycles. The quantitative estimate of drug-likeness (QED) is 0.0253. The second-order valence-electron chi connectivity index (χ2n) is 19.8. The van der Waals surface area contributed by atoms with Crippen LogP contribution in [0.3, 0.4) is 0 Å². The molecule has 0 aromatic heterocycles. The number of fused-ring (bicyclic) bond motifs is 3. The van der Waals surface area contributed by atoms with Crippen molar-refractivity contribution in [1.29, 1.82) is 0 Å². The van der Waals surface area contributed by atoms with Crippen LogP contribution in [0.25, 0.3) is 0 Å². The molecule has 0 spiro atoms. The van der Waals surface area contributed by atoms with Crippen molar-refractivity contribution in [3.63, 3.8) is 0 Å². The summed E-state index contributed by atoms with van der Waals surface area (Å²) in [5.74, 6) is -9.99. The summed E-state index contributed by atoms with van der Waals surface area (Å²) in [5, 5.41) is 41.8. The molecule has 1 aromatic rings. The molecule has 17 nitrogen and oxygen atoms in total. The maximum absolute atomic E-state index is 13.8. The predicted octanol–water partition coefficient (Wildman–Crippen LogP) is 10.6. The Morgan fingerprint density at radius 3 is 1.23 bits per heavy atom. The molecule has 1 fully saturated rings. The third kappa shape index (κ3) is 36.1. The lowest BCUT2D eigenvalue weighted by Crippen LogP contribution is -2.55. The van der Waals surface area contributed by atoms with Gasteiger partial charge in [0, 0.05) is 13.1 Å². The maximum Gasteiger partial charge on any atom is 0.490 e. The van der Waals surface area contributed by atoms with E-state index in [-0.39, 0.29) is 17.2 Å².